The minimum Gasteiger partial charge on any atom is -0.507 e. The molecular weight excluding hydrogens is 299 g/mol. The second kappa shape index (κ2) is 6.37. The van der Waals surface area contributed by atoms with Gasteiger partial charge in [-0.1, -0.05) is 0 Å². The van der Waals surface area contributed by atoms with Crippen LogP contribution in [0, 0.1) is 5.82 Å². The molecule has 3 aromatic rings. The van der Waals surface area contributed by atoms with E-state index in [1.807, 2.05) is 0 Å². The Kier molecular flexibility index (Phi) is 4.11. The van der Waals surface area contributed by atoms with Crippen molar-refractivity contribution in [2.45, 2.75) is 6.61 Å². The molecule has 0 bridgehead atoms. The number of nitrogens with zero attached hydrogens (tertiary/aromatic N) is 3. The molecule has 0 aliphatic rings. The van der Waals surface area contributed by atoms with Gasteiger partial charge in [0.05, 0.1) is 12.3 Å². The number of anilines is 2. The predicted octanol–water partition coefficient (Wildman–Crippen LogP) is 2.62. The van der Waals surface area contributed by atoms with Gasteiger partial charge in [0.2, 0.25) is 0 Å². The highest BCUT2D eigenvalue weighted by Crippen LogP contribution is 2.29. The molecule has 7 heteroatoms. The predicted molar refractivity (Wildman–Crippen MR) is 82.5 cm³/mol. The second-order valence-corrected chi connectivity index (χ2v) is 4.78. The molecule has 2 heterocycles. The van der Waals surface area contributed by atoms with Gasteiger partial charge in [-0.15, -0.1) is 0 Å². The third kappa shape index (κ3) is 3.41. The number of nitrogens with one attached hydrogen (secondary N) is 1. The summed E-state index contributed by atoms with van der Waals surface area (Å²) < 4.78 is 13.1. The molecule has 3 N–H and O–H groups in total. The summed E-state index contributed by atoms with van der Waals surface area (Å²) in [4.78, 5) is 12.3. The van der Waals surface area contributed by atoms with E-state index in [2.05, 4.69) is 20.3 Å². The fourth-order valence-corrected chi connectivity index (χ4v) is 2.07. The van der Waals surface area contributed by atoms with Gasteiger partial charge in [-0.2, -0.15) is 0 Å². The van der Waals surface area contributed by atoms with Crippen molar-refractivity contribution >= 4 is 11.6 Å². The Balaban J connectivity index is 1.90. The van der Waals surface area contributed by atoms with Crippen molar-refractivity contribution in [3.63, 3.8) is 0 Å². The molecule has 0 spiro atoms. The Hall–Kier alpha value is -3.06. The number of aliphatic hydroxyl groups is 1. The van der Waals surface area contributed by atoms with Crippen LogP contribution in [0.1, 0.15) is 5.56 Å². The zero-order valence-electron chi connectivity index (χ0n) is 11.9. The largest absolute Gasteiger partial charge is 0.507 e. The maximum absolute atomic E-state index is 13.1. The highest BCUT2D eigenvalue weighted by molar-refractivity contribution is 5.69. The third-order valence-electron chi connectivity index (χ3n) is 3.17. The summed E-state index contributed by atoms with van der Waals surface area (Å²) in [6, 6.07) is 8.72. The Bertz CT molecular complexity index is 842. The smallest absolute Gasteiger partial charge is 0.135 e. The average molecular weight is 312 g/mol. The van der Waals surface area contributed by atoms with Gasteiger partial charge in [0.1, 0.15) is 29.5 Å². The maximum Gasteiger partial charge on any atom is 0.135 e. The normalized spacial score (nSPS) is 10.5. The standard InChI is InChI=1S/C16H13FN4O2/c17-11-1-2-12(14(23)6-11)13-7-16(20-9-19-13)21-15-5-10(8-22)3-4-18-15/h1-7,9,22-23H,8H2,(H,18,19,20,21). The maximum atomic E-state index is 13.1. The summed E-state index contributed by atoms with van der Waals surface area (Å²) in [5, 5.41) is 22.0. The molecule has 0 unspecified atom stereocenters. The molecule has 6 nitrogen and oxygen atoms in total. The number of phenols is 1. The second-order valence-electron chi connectivity index (χ2n) is 4.78. The monoisotopic (exact) mass is 312 g/mol. The lowest BCUT2D eigenvalue weighted by Gasteiger charge is -2.08. The lowest BCUT2D eigenvalue weighted by Crippen LogP contribution is -1.98. The quantitative estimate of drug-likeness (QED) is 0.686. The van der Waals surface area contributed by atoms with Crippen molar-refractivity contribution in [1.29, 1.82) is 0 Å². The van der Waals surface area contributed by atoms with Crippen LogP contribution in [0.25, 0.3) is 11.3 Å². The van der Waals surface area contributed by atoms with E-state index < -0.39 is 5.82 Å². The van der Waals surface area contributed by atoms with E-state index in [4.69, 9.17) is 5.11 Å². The van der Waals surface area contributed by atoms with E-state index in [9.17, 15) is 9.50 Å². The Labute approximate surface area is 131 Å². The van der Waals surface area contributed by atoms with Gasteiger partial charge in [0.25, 0.3) is 0 Å². The molecule has 3 rings (SSSR count). The molecule has 0 atom stereocenters. The number of rotatable bonds is 4. The van der Waals surface area contributed by atoms with Crippen LogP contribution in [0.2, 0.25) is 0 Å². The van der Waals surface area contributed by atoms with Crippen molar-refractivity contribution in [3.05, 3.63) is 60.3 Å². The highest BCUT2D eigenvalue weighted by atomic mass is 19.1. The molecule has 0 amide bonds. The minimum absolute atomic E-state index is 0.0876. The molecule has 0 saturated heterocycles. The average Bonchev–Trinajstić information content (AvgIpc) is 2.55. The van der Waals surface area contributed by atoms with Gasteiger partial charge in [-0.05, 0) is 29.8 Å². The molecular formula is C16H13FN4O2. The first-order valence-corrected chi connectivity index (χ1v) is 6.79. The van der Waals surface area contributed by atoms with E-state index in [1.165, 1.54) is 18.5 Å². The van der Waals surface area contributed by atoms with Crippen LogP contribution in [-0.4, -0.2) is 25.2 Å². The first kappa shape index (κ1) is 14.9. The number of hydrogen-bond acceptors (Lipinski definition) is 6. The topological polar surface area (TPSA) is 91.2 Å². The lowest BCUT2D eigenvalue weighted by molar-refractivity contribution is 0.282. The van der Waals surface area contributed by atoms with E-state index >= 15 is 0 Å². The summed E-state index contributed by atoms with van der Waals surface area (Å²) in [7, 11) is 0. The van der Waals surface area contributed by atoms with Crippen molar-refractivity contribution < 1.29 is 14.6 Å². The number of halogens is 1. The fourth-order valence-electron chi connectivity index (χ4n) is 2.07. The van der Waals surface area contributed by atoms with E-state index in [0.717, 1.165) is 6.07 Å². The summed E-state index contributed by atoms with van der Waals surface area (Å²) in [5.41, 5.74) is 1.56. The minimum atomic E-state index is -0.524. The van der Waals surface area contributed by atoms with Crippen molar-refractivity contribution in [3.8, 4) is 17.0 Å². The van der Waals surface area contributed by atoms with Gasteiger partial charge in [0.15, 0.2) is 0 Å². The fraction of sp³-hybridized carbons (Fsp3) is 0.0625. The number of benzene rings is 1. The molecule has 0 aliphatic heterocycles. The highest BCUT2D eigenvalue weighted by Gasteiger charge is 2.09. The summed E-state index contributed by atoms with van der Waals surface area (Å²) >= 11 is 0. The zero-order valence-corrected chi connectivity index (χ0v) is 11.9. The van der Waals surface area contributed by atoms with Gasteiger partial charge in [0, 0.05) is 23.9 Å². The van der Waals surface area contributed by atoms with Crippen LogP contribution in [0.4, 0.5) is 16.0 Å². The molecule has 0 fully saturated rings. The number of aromatic hydroxyl groups is 1. The molecule has 0 radical (unpaired) electrons. The van der Waals surface area contributed by atoms with Gasteiger partial charge in [-0.25, -0.2) is 19.3 Å². The zero-order chi connectivity index (χ0) is 16.2. The van der Waals surface area contributed by atoms with E-state index in [1.54, 1.807) is 24.4 Å². The SMILES string of the molecule is OCc1ccnc(Nc2cc(-c3ccc(F)cc3O)ncn2)c1. The van der Waals surface area contributed by atoms with Crippen LogP contribution in [0.3, 0.4) is 0 Å². The lowest BCUT2D eigenvalue weighted by atomic mass is 10.1. The van der Waals surface area contributed by atoms with E-state index in [0.29, 0.717) is 28.5 Å². The molecule has 116 valence electrons. The third-order valence-corrected chi connectivity index (χ3v) is 3.17. The molecule has 0 aliphatic carbocycles. The first-order chi connectivity index (χ1) is 11.2. The van der Waals surface area contributed by atoms with E-state index in [-0.39, 0.29) is 12.4 Å². The molecule has 1 aromatic carbocycles. The van der Waals surface area contributed by atoms with Crippen LogP contribution in [0.15, 0.2) is 48.9 Å². The number of phenolic OH excluding ortho intramolecular Hbond substituents is 1. The van der Waals surface area contributed by atoms with Gasteiger partial charge < -0.3 is 15.5 Å². The van der Waals surface area contributed by atoms with Crippen molar-refractivity contribution in [2.75, 3.05) is 5.32 Å². The van der Waals surface area contributed by atoms with Crippen LogP contribution in [0.5, 0.6) is 5.75 Å². The van der Waals surface area contributed by atoms with Crippen LogP contribution < -0.4 is 5.32 Å². The number of aromatic nitrogens is 3. The van der Waals surface area contributed by atoms with Crippen LogP contribution >= 0.6 is 0 Å². The Morgan fingerprint density at radius 1 is 1.00 bits per heavy atom. The molecule has 0 saturated carbocycles. The van der Waals surface area contributed by atoms with Crippen molar-refractivity contribution in [1.82, 2.24) is 15.0 Å². The summed E-state index contributed by atoms with van der Waals surface area (Å²) in [5.74, 6) is 0.254. The van der Waals surface area contributed by atoms with Crippen molar-refractivity contribution in [2.24, 2.45) is 0 Å². The first-order valence-electron chi connectivity index (χ1n) is 6.79. The van der Waals surface area contributed by atoms with Gasteiger partial charge >= 0.3 is 0 Å². The summed E-state index contributed by atoms with van der Waals surface area (Å²) in [6.45, 7) is -0.0876. The molecule has 23 heavy (non-hydrogen) atoms. The summed E-state index contributed by atoms with van der Waals surface area (Å²) in [6.07, 6.45) is 2.90. The number of hydrogen-bond donors (Lipinski definition) is 3. The van der Waals surface area contributed by atoms with Gasteiger partial charge in [-0.3, -0.25) is 0 Å². The van der Waals surface area contributed by atoms with Crippen LogP contribution in [-0.2, 0) is 6.61 Å². The number of pyridine rings is 1. The Morgan fingerprint density at radius 3 is 2.61 bits per heavy atom. The molecule has 2 aromatic heterocycles. The Morgan fingerprint density at radius 2 is 1.83 bits per heavy atom. The number of aliphatic hydroxyl groups excluding tert-OH is 1.